The Morgan fingerprint density at radius 2 is 2.05 bits per heavy atom. The summed E-state index contributed by atoms with van der Waals surface area (Å²) in [6.07, 6.45) is 4.50. The number of piperidine rings is 1. The number of amides is 1. The molecule has 4 nitrogen and oxygen atoms in total. The maximum atomic E-state index is 12.1. The fourth-order valence-corrected chi connectivity index (χ4v) is 3.28. The van der Waals surface area contributed by atoms with Crippen LogP contribution < -0.4 is 10.6 Å². The summed E-state index contributed by atoms with van der Waals surface area (Å²) in [4.78, 5) is 14.7. The Morgan fingerprint density at radius 1 is 1.32 bits per heavy atom. The lowest BCUT2D eigenvalue weighted by atomic mass is 9.97. The molecule has 0 aliphatic carbocycles. The average Bonchev–Trinajstić information content (AvgIpc) is 2.83. The van der Waals surface area contributed by atoms with Crippen LogP contribution in [0.15, 0.2) is 0 Å². The number of rotatable bonds is 5. The molecule has 19 heavy (non-hydrogen) atoms. The highest BCUT2D eigenvalue weighted by atomic mass is 16.1. The van der Waals surface area contributed by atoms with Crippen molar-refractivity contribution in [3.63, 3.8) is 0 Å². The molecule has 0 bridgehead atoms. The van der Waals surface area contributed by atoms with Crippen molar-refractivity contribution in [1.82, 2.24) is 15.5 Å². The first kappa shape index (κ1) is 14.8. The molecule has 2 aliphatic rings. The van der Waals surface area contributed by atoms with Gasteiger partial charge in [0.2, 0.25) is 5.91 Å². The summed E-state index contributed by atoms with van der Waals surface area (Å²) >= 11 is 0. The second kappa shape index (κ2) is 7.25. The smallest absolute Gasteiger partial charge is 0.223 e. The van der Waals surface area contributed by atoms with Crippen LogP contribution in [0.2, 0.25) is 0 Å². The van der Waals surface area contributed by atoms with Gasteiger partial charge in [0, 0.05) is 25.0 Å². The first-order valence-corrected chi connectivity index (χ1v) is 7.89. The van der Waals surface area contributed by atoms with Crippen molar-refractivity contribution in [2.75, 3.05) is 32.7 Å². The van der Waals surface area contributed by atoms with Gasteiger partial charge >= 0.3 is 0 Å². The van der Waals surface area contributed by atoms with Gasteiger partial charge in [0.25, 0.3) is 0 Å². The van der Waals surface area contributed by atoms with Crippen molar-refractivity contribution in [2.45, 2.75) is 45.6 Å². The fourth-order valence-electron chi connectivity index (χ4n) is 3.28. The molecule has 2 aliphatic heterocycles. The van der Waals surface area contributed by atoms with Crippen LogP contribution in [0.25, 0.3) is 0 Å². The third-order valence-corrected chi connectivity index (χ3v) is 4.32. The molecule has 2 fully saturated rings. The van der Waals surface area contributed by atoms with Gasteiger partial charge in [-0.1, -0.05) is 13.8 Å². The van der Waals surface area contributed by atoms with Crippen LogP contribution in [-0.4, -0.2) is 49.6 Å². The topological polar surface area (TPSA) is 44.4 Å². The Labute approximate surface area is 117 Å². The second-order valence-electron chi connectivity index (χ2n) is 6.45. The minimum absolute atomic E-state index is 0.237. The molecular weight excluding hydrogens is 238 g/mol. The van der Waals surface area contributed by atoms with Gasteiger partial charge < -0.3 is 10.6 Å². The van der Waals surface area contributed by atoms with E-state index in [1.54, 1.807) is 0 Å². The summed E-state index contributed by atoms with van der Waals surface area (Å²) in [7, 11) is 0. The number of hydrogen-bond donors (Lipinski definition) is 2. The molecule has 0 aromatic carbocycles. The molecule has 0 spiro atoms. The Kier molecular flexibility index (Phi) is 5.64. The Balaban J connectivity index is 1.72. The van der Waals surface area contributed by atoms with E-state index >= 15 is 0 Å². The molecule has 0 unspecified atom stereocenters. The lowest BCUT2D eigenvalue weighted by molar-refractivity contribution is -0.125. The van der Waals surface area contributed by atoms with Gasteiger partial charge in [-0.05, 0) is 51.2 Å². The van der Waals surface area contributed by atoms with Gasteiger partial charge in [-0.15, -0.1) is 0 Å². The number of likely N-dealkylation sites (tertiary alicyclic amines) is 1. The van der Waals surface area contributed by atoms with Crippen molar-refractivity contribution in [2.24, 2.45) is 11.8 Å². The summed E-state index contributed by atoms with van der Waals surface area (Å²) in [5, 5.41) is 6.50. The molecular formula is C15H29N3O. The second-order valence-corrected chi connectivity index (χ2v) is 6.45. The number of carbonyl (C=O) groups excluding carboxylic acids is 1. The normalized spacial score (nSPS) is 25.9. The Morgan fingerprint density at radius 3 is 2.74 bits per heavy atom. The van der Waals surface area contributed by atoms with Crippen molar-refractivity contribution >= 4 is 5.91 Å². The molecule has 2 heterocycles. The highest BCUT2D eigenvalue weighted by molar-refractivity contribution is 5.78. The molecule has 0 aromatic rings. The summed E-state index contributed by atoms with van der Waals surface area (Å²) < 4.78 is 0. The zero-order valence-corrected chi connectivity index (χ0v) is 12.5. The first-order valence-electron chi connectivity index (χ1n) is 7.89. The van der Waals surface area contributed by atoms with Gasteiger partial charge in [0.05, 0.1) is 0 Å². The zero-order valence-electron chi connectivity index (χ0n) is 12.5. The number of carbonyl (C=O) groups is 1. The monoisotopic (exact) mass is 267 g/mol. The highest BCUT2D eigenvalue weighted by Gasteiger charge is 2.27. The van der Waals surface area contributed by atoms with Gasteiger partial charge in [-0.2, -0.15) is 0 Å². The quantitative estimate of drug-likeness (QED) is 0.787. The van der Waals surface area contributed by atoms with Gasteiger partial charge in [0.1, 0.15) is 0 Å². The molecule has 0 saturated carbocycles. The minimum atomic E-state index is 0.237. The van der Waals surface area contributed by atoms with Crippen molar-refractivity contribution < 1.29 is 4.79 Å². The zero-order chi connectivity index (χ0) is 13.7. The van der Waals surface area contributed by atoms with E-state index in [9.17, 15) is 4.79 Å². The molecule has 0 aromatic heterocycles. The summed E-state index contributed by atoms with van der Waals surface area (Å²) in [6.45, 7) is 9.71. The predicted octanol–water partition coefficient (Wildman–Crippen LogP) is 1.22. The van der Waals surface area contributed by atoms with Crippen LogP contribution in [0.5, 0.6) is 0 Å². The van der Waals surface area contributed by atoms with E-state index in [0.717, 1.165) is 39.0 Å². The average molecular weight is 267 g/mol. The van der Waals surface area contributed by atoms with Gasteiger partial charge in [0.15, 0.2) is 0 Å². The van der Waals surface area contributed by atoms with E-state index in [1.807, 2.05) is 0 Å². The van der Waals surface area contributed by atoms with Crippen LogP contribution >= 0.6 is 0 Å². The van der Waals surface area contributed by atoms with Crippen LogP contribution in [0, 0.1) is 11.8 Å². The summed E-state index contributed by atoms with van der Waals surface area (Å²) in [5.41, 5.74) is 0. The highest BCUT2D eigenvalue weighted by Crippen LogP contribution is 2.18. The van der Waals surface area contributed by atoms with E-state index in [2.05, 4.69) is 29.4 Å². The lowest BCUT2D eigenvalue weighted by Gasteiger charge is -2.28. The van der Waals surface area contributed by atoms with E-state index in [1.165, 1.54) is 19.4 Å². The maximum Gasteiger partial charge on any atom is 0.223 e. The van der Waals surface area contributed by atoms with E-state index in [4.69, 9.17) is 0 Å². The minimum Gasteiger partial charge on any atom is -0.354 e. The number of hydrogen-bond acceptors (Lipinski definition) is 3. The van der Waals surface area contributed by atoms with E-state index < -0.39 is 0 Å². The number of nitrogens with one attached hydrogen (secondary N) is 2. The Bertz CT molecular complexity index is 287. The molecule has 1 amide bonds. The molecule has 1 atom stereocenters. The predicted molar refractivity (Wildman–Crippen MR) is 78.0 cm³/mol. The number of nitrogens with zero attached hydrogens (tertiary/aromatic N) is 1. The van der Waals surface area contributed by atoms with Crippen LogP contribution in [0.1, 0.15) is 39.5 Å². The molecule has 4 heteroatoms. The third-order valence-electron chi connectivity index (χ3n) is 4.32. The van der Waals surface area contributed by atoms with E-state index in [0.29, 0.717) is 12.0 Å². The lowest BCUT2D eigenvalue weighted by Crippen LogP contribution is -2.44. The van der Waals surface area contributed by atoms with Gasteiger partial charge in [-0.25, -0.2) is 0 Å². The molecule has 2 saturated heterocycles. The fraction of sp³-hybridized carbons (Fsp3) is 0.933. The Hall–Kier alpha value is -0.610. The van der Waals surface area contributed by atoms with Crippen molar-refractivity contribution in [1.29, 1.82) is 0 Å². The molecule has 110 valence electrons. The molecule has 2 N–H and O–H groups in total. The molecule has 0 radical (unpaired) electrons. The summed E-state index contributed by atoms with van der Waals surface area (Å²) in [5.74, 6) is 1.22. The standard InChI is InChI=1S/C15H29N3O/c1-12(2)11-18-9-3-4-14(18)10-17-15(19)13-5-7-16-8-6-13/h12-14,16H,3-11H2,1-2H3,(H,17,19)/t14-/m1/s1. The largest absolute Gasteiger partial charge is 0.354 e. The van der Waals surface area contributed by atoms with Crippen LogP contribution in [0.3, 0.4) is 0 Å². The SMILES string of the molecule is CC(C)CN1CCC[C@@H]1CNC(=O)C1CCNCC1. The third kappa shape index (κ3) is 4.46. The van der Waals surface area contributed by atoms with Crippen LogP contribution in [0.4, 0.5) is 0 Å². The summed E-state index contributed by atoms with van der Waals surface area (Å²) in [6, 6.07) is 0.563. The van der Waals surface area contributed by atoms with E-state index in [-0.39, 0.29) is 11.8 Å². The maximum absolute atomic E-state index is 12.1. The van der Waals surface area contributed by atoms with Crippen molar-refractivity contribution in [3.05, 3.63) is 0 Å². The van der Waals surface area contributed by atoms with Crippen molar-refractivity contribution in [3.8, 4) is 0 Å². The molecule has 2 rings (SSSR count). The first-order chi connectivity index (χ1) is 9.16. The van der Waals surface area contributed by atoms with Crippen LogP contribution in [-0.2, 0) is 4.79 Å². The van der Waals surface area contributed by atoms with Gasteiger partial charge in [-0.3, -0.25) is 9.69 Å².